The van der Waals surface area contributed by atoms with E-state index in [4.69, 9.17) is 18.9 Å². The number of hydrogen-bond donors (Lipinski definition) is 0. The number of esters is 2. The highest BCUT2D eigenvalue weighted by atomic mass is 16.8. The highest BCUT2D eigenvalue weighted by Gasteiger charge is 2.52. The van der Waals surface area contributed by atoms with Crippen molar-refractivity contribution in [2.45, 2.75) is 11.6 Å². The van der Waals surface area contributed by atoms with Crippen molar-refractivity contribution >= 4 is 11.9 Å². The van der Waals surface area contributed by atoms with Crippen LogP contribution in [0.1, 0.15) is 0 Å². The molecule has 0 aromatic heterocycles. The normalized spacial score (nSPS) is 40.8. The lowest BCUT2D eigenvalue weighted by Crippen LogP contribution is -2.54. The van der Waals surface area contributed by atoms with Crippen molar-refractivity contribution in [2.24, 2.45) is 0 Å². The molecule has 1 saturated heterocycles. The summed E-state index contributed by atoms with van der Waals surface area (Å²) in [5.41, 5.74) is 0. The summed E-state index contributed by atoms with van der Waals surface area (Å²) in [5, 5.41) is 0. The molecule has 0 aromatic carbocycles. The van der Waals surface area contributed by atoms with Gasteiger partial charge < -0.3 is 14.2 Å². The summed E-state index contributed by atoms with van der Waals surface area (Å²) in [6, 6.07) is 0. The Morgan fingerprint density at radius 2 is 1.44 bits per heavy atom. The van der Waals surface area contributed by atoms with Gasteiger partial charge in [0.05, 0.1) is 0 Å². The standard InChI is InChI=1S/C10H8O6/c11-7-1-3-9(14-7)5-13-6-10(16-9)4-2-8(12)15-10/h1-4H,5-6H2/t9-,10-/m0/s1. The third-order valence-electron chi connectivity index (χ3n) is 2.45. The molecule has 0 saturated carbocycles. The fourth-order valence-electron chi connectivity index (χ4n) is 1.82. The first-order chi connectivity index (χ1) is 7.62. The van der Waals surface area contributed by atoms with E-state index < -0.39 is 23.5 Å². The topological polar surface area (TPSA) is 71.1 Å². The van der Waals surface area contributed by atoms with E-state index >= 15 is 0 Å². The van der Waals surface area contributed by atoms with Gasteiger partial charge in [-0.3, -0.25) is 4.74 Å². The first-order valence-electron chi connectivity index (χ1n) is 4.74. The SMILES string of the molecule is O=C1C=C[C@]2(COC[C@]3(C=CC(=O)O3)O2)O1. The molecule has 16 heavy (non-hydrogen) atoms. The Morgan fingerprint density at radius 1 is 0.938 bits per heavy atom. The van der Waals surface area contributed by atoms with Crippen LogP contribution >= 0.6 is 0 Å². The van der Waals surface area contributed by atoms with Crippen molar-refractivity contribution < 1.29 is 28.5 Å². The number of ether oxygens (including phenoxy) is 4. The van der Waals surface area contributed by atoms with E-state index in [1.54, 1.807) is 0 Å². The average Bonchev–Trinajstić information content (AvgIpc) is 2.73. The fraction of sp³-hybridized carbons (Fsp3) is 0.400. The molecule has 2 atom stereocenters. The number of hydrogen-bond acceptors (Lipinski definition) is 6. The second-order valence-corrected chi connectivity index (χ2v) is 3.73. The van der Waals surface area contributed by atoms with Crippen molar-refractivity contribution in [3.05, 3.63) is 24.3 Å². The van der Waals surface area contributed by atoms with Crippen LogP contribution in [0.25, 0.3) is 0 Å². The Balaban J connectivity index is 1.86. The van der Waals surface area contributed by atoms with E-state index in [9.17, 15) is 9.59 Å². The average molecular weight is 224 g/mol. The summed E-state index contributed by atoms with van der Waals surface area (Å²) in [5.74, 6) is -3.56. The summed E-state index contributed by atoms with van der Waals surface area (Å²) in [6.07, 6.45) is 5.41. The van der Waals surface area contributed by atoms with Gasteiger partial charge in [0.1, 0.15) is 13.2 Å². The molecule has 0 unspecified atom stereocenters. The molecule has 0 radical (unpaired) electrons. The Hall–Kier alpha value is -1.66. The Labute approximate surface area is 90.4 Å². The molecule has 6 nitrogen and oxygen atoms in total. The van der Waals surface area contributed by atoms with Crippen LogP contribution in [-0.4, -0.2) is 36.7 Å². The maximum absolute atomic E-state index is 11.0. The molecule has 0 aliphatic carbocycles. The van der Waals surface area contributed by atoms with E-state index in [1.807, 2.05) is 0 Å². The molecule has 3 rings (SSSR count). The second kappa shape index (κ2) is 2.93. The van der Waals surface area contributed by atoms with Gasteiger partial charge in [0.2, 0.25) is 0 Å². The molecule has 84 valence electrons. The van der Waals surface area contributed by atoms with Gasteiger partial charge in [0.15, 0.2) is 0 Å². The molecular formula is C10H8O6. The highest BCUT2D eigenvalue weighted by Crippen LogP contribution is 2.36. The summed E-state index contributed by atoms with van der Waals surface area (Å²) < 4.78 is 20.8. The largest absolute Gasteiger partial charge is 0.423 e. The van der Waals surface area contributed by atoms with Gasteiger partial charge in [-0.05, 0) is 12.2 Å². The first-order valence-corrected chi connectivity index (χ1v) is 4.74. The van der Waals surface area contributed by atoms with Gasteiger partial charge in [-0.15, -0.1) is 0 Å². The molecule has 0 aromatic rings. The van der Waals surface area contributed by atoms with Crippen molar-refractivity contribution in [2.75, 3.05) is 13.2 Å². The minimum Gasteiger partial charge on any atom is -0.423 e. The minimum atomic E-state index is -1.27. The third-order valence-corrected chi connectivity index (χ3v) is 2.45. The van der Waals surface area contributed by atoms with Gasteiger partial charge in [-0.2, -0.15) is 0 Å². The predicted octanol–water partition coefficient (Wildman–Crippen LogP) is -0.348. The van der Waals surface area contributed by atoms with Crippen LogP contribution in [0.2, 0.25) is 0 Å². The van der Waals surface area contributed by atoms with E-state index in [0.717, 1.165) is 0 Å². The van der Waals surface area contributed by atoms with Crippen LogP contribution in [0.15, 0.2) is 24.3 Å². The molecule has 0 amide bonds. The highest BCUT2D eigenvalue weighted by molar-refractivity contribution is 5.86. The third kappa shape index (κ3) is 1.35. The zero-order valence-electron chi connectivity index (χ0n) is 8.17. The maximum atomic E-state index is 11.0. The van der Waals surface area contributed by atoms with Gasteiger partial charge in [-0.1, -0.05) is 0 Å². The van der Waals surface area contributed by atoms with Crippen LogP contribution in [0.4, 0.5) is 0 Å². The Morgan fingerprint density at radius 3 is 1.81 bits per heavy atom. The van der Waals surface area contributed by atoms with Gasteiger partial charge >= 0.3 is 11.9 Å². The summed E-state index contributed by atoms with van der Waals surface area (Å²) in [4.78, 5) is 22.0. The quantitative estimate of drug-likeness (QED) is 0.524. The van der Waals surface area contributed by atoms with Crippen LogP contribution in [0.3, 0.4) is 0 Å². The second-order valence-electron chi connectivity index (χ2n) is 3.73. The van der Waals surface area contributed by atoms with Crippen LogP contribution in [0.5, 0.6) is 0 Å². The number of carbonyl (C=O) groups excluding carboxylic acids is 2. The lowest BCUT2D eigenvalue weighted by Gasteiger charge is -2.39. The number of rotatable bonds is 0. The van der Waals surface area contributed by atoms with Crippen LogP contribution < -0.4 is 0 Å². The van der Waals surface area contributed by atoms with Crippen LogP contribution in [-0.2, 0) is 28.5 Å². The Bertz CT molecular complexity index is 387. The van der Waals surface area contributed by atoms with Crippen molar-refractivity contribution in [3.63, 3.8) is 0 Å². The molecule has 2 spiro atoms. The van der Waals surface area contributed by atoms with Crippen molar-refractivity contribution in [1.29, 1.82) is 0 Å². The molecule has 1 fully saturated rings. The zero-order chi connectivity index (χ0) is 11.2. The fourth-order valence-corrected chi connectivity index (χ4v) is 1.82. The van der Waals surface area contributed by atoms with E-state index in [-0.39, 0.29) is 13.2 Å². The van der Waals surface area contributed by atoms with Gasteiger partial charge in [0, 0.05) is 12.2 Å². The lowest BCUT2D eigenvalue weighted by atomic mass is 10.2. The van der Waals surface area contributed by atoms with E-state index in [0.29, 0.717) is 0 Å². The predicted molar refractivity (Wildman–Crippen MR) is 47.8 cm³/mol. The van der Waals surface area contributed by atoms with E-state index in [2.05, 4.69) is 0 Å². The molecular weight excluding hydrogens is 216 g/mol. The van der Waals surface area contributed by atoms with Crippen LogP contribution in [0, 0.1) is 0 Å². The molecule has 3 aliphatic rings. The Kier molecular flexibility index (Phi) is 1.75. The van der Waals surface area contributed by atoms with E-state index in [1.165, 1.54) is 24.3 Å². The maximum Gasteiger partial charge on any atom is 0.333 e. The van der Waals surface area contributed by atoms with Crippen molar-refractivity contribution in [1.82, 2.24) is 0 Å². The molecule has 0 bridgehead atoms. The lowest BCUT2D eigenvalue weighted by molar-refractivity contribution is -0.349. The molecule has 0 N–H and O–H groups in total. The van der Waals surface area contributed by atoms with Gasteiger partial charge in [0.25, 0.3) is 11.6 Å². The smallest absolute Gasteiger partial charge is 0.333 e. The minimum absolute atomic E-state index is 0.0857. The summed E-state index contributed by atoms with van der Waals surface area (Å²) in [7, 11) is 0. The molecule has 3 heterocycles. The number of carbonyl (C=O) groups is 2. The summed E-state index contributed by atoms with van der Waals surface area (Å²) in [6.45, 7) is 0.171. The zero-order valence-corrected chi connectivity index (χ0v) is 8.17. The first kappa shape index (κ1) is 9.56. The van der Waals surface area contributed by atoms with Crippen molar-refractivity contribution in [3.8, 4) is 0 Å². The monoisotopic (exact) mass is 224 g/mol. The molecule has 6 heteroatoms. The summed E-state index contributed by atoms with van der Waals surface area (Å²) >= 11 is 0. The van der Waals surface area contributed by atoms with Gasteiger partial charge in [-0.25, -0.2) is 9.59 Å². The molecule has 3 aliphatic heterocycles.